The number of fused-ring (bicyclic) bond motifs is 1. The van der Waals surface area contributed by atoms with E-state index in [4.69, 9.17) is 11.6 Å². The van der Waals surface area contributed by atoms with E-state index in [-0.39, 0.29) is 28.1 Å². The molecule has 0 spiro atoms. The number of nitrogens with zero attached hydrogens (tertiary/aromatic N) is 2. The number of aromatic hydroxyl groups is 1. The van der Waals surface area contributed by atoms with Gasteiger partial charge in [-0.25, -0.2) is 0 Å². The van der Waals surface area contributed by atoms with Crippen molar-refractivity contribution < 1.29 is 19.5 Å². The van der Waals surface area contributed by atoms with E-state index in [0.717, 1.165) is 28.6 Å². The molecule has 1 saturated heterocycles. The van der Waals surface area contributed by atoms with Crippen LogP contribution in [0.15, 0.2) is 45.8 Å². The lowest BCUT2D eigenvalue weighted by atomic mass is 10.00. The molecule has 2 aromatic carbocycles. The second kappa shape index (κ2) is 8.45. The van der Waals surface area contributed by atoms with E-state index in [2.05, 4.69) is 15.9 Å². The molecule has 1 fully saturated rings. The van der Waals surface area contributed by atoms with E-state index in [1.807, 2.05) is 24.3 Å². The number of benzene rings is 2. The van der Waals surface area contributed by atoms with Crippen molar-refractivity contribution in [3.05, 3.63) is 67.5 Å². The van der Waals surface area contributed by atoms with Crippen LogP contribution in [-0.4, -0.2) is 45.0 Å². The zero-order valence-corrected chi connectivity index (χ0v) is 18.8. The molecule has 154 valence electrons. The van der Waals surface area contributed by atoms with Gasteiger partial charge in [-0.2, -0.15) is 0 Å². The topological polar surface area (TPSA) is 77.9 Å². The van der Waals surface area contributed by atoms with Gasteiger partial charge >= 0.3 is 0 Å². The Morgan fingerprint density at radius 3 is 2.73 bits per heavy atom. The van der Waals surface area contributed by atoms with E-state index in [1.165, 1.54) is 17.7 Å². The summed E-state index contributed by atoms with van der Waals surface area (Å²) in [6, 6.07) is 11.0. The van der Waals surface area contributed by atoms with Crippen LogP contribution in [0.25, 0.3) is 6.08 Å². The zero-order chi connectivity index (χ0) is 21.4. The molecular formula is C21H16BrClN2O4S. The first-order valence-electron chi connectivity index (χ1n) is 9.11. The summed E-state index contributed by atoms with van der Waals surface area (Å²) in [4.78, 5) is 40.6. The zero-order valence-electron chi connectivity index (χ0n) is 15.6. The molecule has 2 aromatic rings. The Labute approximate surface area is 190 Å². The third-order valence-corrected chi connectivity index (χ3v) is 6.65. The lowest BCUT2D eigenvalue weighted by Gasteiger charge is -2.29. The maximum atomic E-state index is 12.8. The number of rotatable bonds is 3. The molecule has 30 heavy (non-hydrogen) atoms. The Balaban J connectivity index is 1.49. The quantitative estimate of drug-likeness (QED) is 0.622. The summed E-state index contributed by atoms with van der Waals surface area (Å²) in [5.74, 6) is -1.03. The van der Waals surface area contributed by atoms with Crippen molar-refractivity contribution in [2.45, 2.75) is 13.0 Å². The van der Waals surface area contributed by atoms with Crippen LogP contribution >= 0.6 is 39.3 Å². The molecule has 2 heterocycles. The number of carbonyl (C=O) groups is 3. The van der Waals surface area contributed by atoms with E-state index in [1.54, 1.807) is 11.0 Å². The van der Waals surface area contributed by atoms with Crippen molar-refractivity contribution in [3.63, 3.8) is 0 Å². The minimum absolute atomic E-state index is 0.121. The van der Waals surface area contributed by atoms with Gasteiger partial charge in [0.25, 0.3) is 11.1 Å². The molecule has 0 radical (unpaired) electrons. The van der Waals surface area contributed by atoms with Crippen molar-refractivity contribution in [1.29, 1.82) is 0 Å². The first kappa shape index (κ1) is 21.0. The number of halogens is 2. The van der Waals surface area contributed by atoms with Gasteiger partial charge in [-0.15, -0.1) is 0 Å². The van der Waals surface area contributed by atoms with Crippen LogP contribution in [0.5, 0.6) is 5.75 Å². The Hall–Kier alpha value is -2.29. The first-order valence-corrected chi connectivity index (χ1v) is 11.1. The number of thioether (sulfide) groups is 1. The van der Waals surface area contributed by atoms with Crippen molar-refractivity contribution >= 4 is 62.4 Å². The van der Waals surface area contributed by atoms with Gasteiger partial charge in [0.15, 0.2) is 0 Å². The van der Waals surface area contributed by atoms with Crippen LogP contribution in [0, 0.1) is 0 Å². The fraction of sp³-hybridized carbons (Fsp3) is 0.190. The highest BCUT2D eigenvalue weighted by atomic mass is 79.9. The second-order valence-corrected chi connectivity index (χ2v) is 9.24. The van der Waals surface area contributed by atoms with Gasteiger partial charge in [0.05, 0.1) is 9.93 Å². The highest BCUT2D eigenvalue weighted by molar-refractivity contribution is 9.10. The normalized spacial score (nSPS) is 17.6. The third kappa shape index (κ3) is 4.12. The first-order chi connectivity index (χ1) is 14.3. The largest absolute Gasteiger partial charge is 0.506 e. The third-order valence-electron chi connectivity index (χ3n) is 4.99. The van der Waals surface area contributed by atoms with Gasteiger partial charge in [-0.3, -0.25) is 19.3 Å². The number of amides is 3. The molecule has 0 saturated carbocycles. The van der Waals surface area contributed by atoms with E-state index >= 15 is 0 Å². The molecule has 0 unspecified atom stereocenters. The smallest absolute Gasteiger partial charge is 0.294 e. The second-order valence-electron chi connectivity index (χ2n) is 6.93. The predicted octanol–water partition coefficient (Wildman–Crippen LogP) is 4.43. The number of phenols is 1. The lowest BCUT2D eigenvalue weighted by molar-refractivity contribution is -0.136. The summed E-state index contributed by atoms with van der Waals surface area (Å²) in [6.07, 6.45) is 2.14. The molecule has 0 aliphatic carbocycles. The summed E-state index contributed by atoms with van der Waals surface area (Å²) < 4.78 is 0.622. The number of carbonyl (C=O) groups excluding carboxylic acids is 3. The fourth-order valence-corrected chi connectivity index (χ4v) is 5.08. The van der Waals surface area contributed by atoms with Crippen LogP contribution in [0.1, 0.15) is 16.7 Å². The van der Waals surface area contributed by atoms with Gasteiger partial charge in [0, 0.05) is 23.1 Å². The molecule has 3 amide bonds. The van der Waals surface area contributed by atoms with Crippen molar-refractivity contribution in [1.82, 2.24) is 9.80 Å². The van der Waals surface area contributed by atoms with Crippen LogP contribution < -0.4 is 0 Å². The van der Waals surface area contributed by atoms with Gasteiger partial charge < -0.3 is 10.0 Å². The highest BCUT2D eigenvalue weighted by Gasteiger charge is 2.37. The summed E-state index contributed by atoms with van der Waals surface area (Å²) in [5.41, 5.74) is 2.59. The Morgan fingerprint density at radius 2 is 1.97 bits per heavy atom. The SMILES string of the molecule is O=C(CN1C(=O)S/C(=C/c2cc(Br)cc(Cl)c2O)C1=O)N1CCc2ccccc2C1. The van der Waals surface area contributed by atoms with Gasteiger partial charge in [0.1, 0.15) is 12.3 Å². The molecule has 4 rings (SSSR count). The average molecular weight is 508 g/mol. The van der Waals surface area contributed by atoms with Gasteiger partial charge in [0.2, 0.25) is 5.91 Å². The Bertz CT molecular complexity index is 1100. The molecule has 6 nitrogen and oxygen atoms in total. The number of imide groups is 1. The molecule has 2 aliphatic heterocycles. The highest BCUT2D eigenvalue weighted by Crippen LogP contribution is 2.37. The molecule has 1 N–H and O–H groups in total. The monoisotopic (exact) mass is 506 g/mol. The van der Waals surface area contributed by atoms with E-state index in [0.29, 0.717) is 23.1 Å². The summed E-state index contributed by atoms with van der Waals surface area (Å²) in [6.45, 7) is 0.702. The Kier molecular flexibility index (Phi) is 5.90. The standard InChI is InChI=1S/C21H16BrClN2O4S/c22-15-7-14(19(27)16(23)9-15)8-17-20(28)25(21(29)30-17)11-18(26)24-6-5-12-3-1-2-4-13(12)10-24/h1-4,7-9,27H,5-6,10-11H2/b17-8+. The maximum Gasteiger partial charge on any atom is 0.294 e. The molecule has 0 bridgehead atoms. The van der Waals surface area contributed by atoms with Gasteiger partial charge in [-0.1, -0.05) is 51.8 Å². The molecular weight excluding hydrogens is 492 g/mol. The summed E-state index contributed by atoms with van der Waals surface area (Å²) in [5, 5.41) is 9.72. The molecule has 0 atom stereocenters. The number of hydrogen-bond donors (Lipinski definition) is 1. The summed E-state index contributed by atoms with van der Waals surface area (Å²) >= 11 is 9.97. The molecule has 2 aliphatic rings. The minimum atomic E-state index is -0.564. The van der Waals surface area contributed by atoms with Crippen molar-refractivity contribution in [3.8, 4) is 5.75 Å². The van der Waals surface area contributed by atoms with E-state index in [9.17, 15) is 19.5 Å². The van der Waals surface area contributed by atoms with Crippen LogP contribution in [-0.2, 0) is 22.6 Å². The number of hydrogen-bond acceptors (Lipinski definition) is 5. The maximum absolute atomic E-state index is 12.8. The molecule has 9 heteroatoms. The fourth-order valence-electron chi connectivity index (χ4n) is 3.42. The van der Waals surface area contributed by atoms with Crippen LogP contribution in [0.4, 0.5) is 4.79 Å². The van der Waals surface area contributed by atoms with Gasteiger partial charge in [-0.05, 0) is 47.5 Å². The summed E-state index contributed by atoms with van der Waals surface area (Å²) in [7, 11) is 0. The van der Waals surface area contributed by atoms with Crippen molar-refractivity contribution in [2.75, 3.05) is 13.1 Å². The predicted molar refractivity (Wildman–Crippen MR) is 119 cm³/mol. The Morgan fingerprint density at radius 1 is 1.23 bits per heavy atom. The lowest BCUT2D eigenvalue weighted by Crippen LogP contribution is -2.44. The number of phenolic OH excluding ortho intramolecular Hbond substituents is 1. The van der Waals surface area contributed by atoms with Crippen LogP contribution in [0.3, 0.4) is 0 Å². The van der Waals surface area contributed by atoms with Crippen molar-refractivity contribution in [2.24, 2.45) is 0 Å². The average Bonchev–Trinajstić information content (AvgIpc) is 2.98. The molecule has 0 aromatic heterocycles. The van der Waals surface area contributed by atoms with E-state index < -0.39 is 11.1 Å². The van der Waals surface area contributed by atoms with Crippen LogP contribution in [0.2, 0.25) is 5.02 Å². The minimum Gasteiger partial charge on any atom is -0.506 e.